The van der Waals surface area contributed by atoms with E-state index in [2.05, 4.69) is 23.9 Å². The maximum atomic E-state index is 6.59. The molecule has 0 saturated heterocycles. The summed E-state index contributed by atoms with van der Waals surface area (Å²) >= 11 is 0. The van der Waals surface area contributed by atoms with Crippen molar-refractivity contribution in [3.63, 3.8) is 0 Å². The number of aryl methyl sites for hydroxylation is 1. The minimum atomic E-state index is -0.172. The summed E-state index contributed by atoms with van der Waals surface area (Å²) in [5, 5.41) is 4.30. The molecule has 2 N–H and O–H groups in total. The van der Waals surface area contributed by atoms with E-state index in [1.807, 2.05) is 4.68 Å². The highest BCUT2D eigenvalue weighted by atomic mass is 16.5. The van der Waals surface area contributed by atoms with E-state index < -0.39 is 0 Å². The van der Waals surface area contributed by atoms with Crippen LogP contribution in [0.25, 0.3) is 0 Å². The van der Waals surface area contributed by atoms with Gasteiger partial charge >= 0.3 is 0 Å². The topological polar surface area (TPSA) is 66.0 Å². The molecular formula is C16H30N4O. The summed E-state index contributed by atoms with van der Waals surface area (Å²) < 4.78 is 8.16. The zero-order chi connectivity index (χ0) is 15.1. The molecule has 120 valence electrons. The molecule has 1 fully saturated rings. The first kappa shape index (κ1) is 16.4. The summed E-state index contributed by atoms with van der Waals surface area (Å²) in [7, 11) is 0. The largest absolute Gasteiger partial charge is 0.374 e. The third kappa shape index (κ3) is 4.04. The lowest BCUT2D eigenvalue weighted by Crippen LogP contribution is -2.51. The van der Waals surface area contributed by atoms with Crippen LogP contribution in [0.1, 0.15) is 64.6 Å². The summed E-state index contributed by atoms with van der Waals surface area (Å²) in [6.45, 7) is 5.86. The van der Waals surface area contributed by atoms with Crippen LogP contribution in [0.5, 0.6) is 0 Å². The third-order valence-corrected chi connectivity index (χ3v) is 4.59. The first-order valence-corrected chi connectivity index (χ1v) is 8.48. The van der Waals surface area contributed by atoms with Gasteiger partial charge in [-0.15, -0.1) is 0 Å². The van der Waals surface area contributed by atoms with E-state index >= 15 is 0 Å². The lowest BCUT2D eigenvalue weighted by atomic mass is 9.84. The minimum Gasteiger partial charge on any atom is -0.374 e. The second-order valence-corrected chi connectivity index (χ2v) is 6.12. The Hall–Kier alpha value is -0.940. The van der Waals surface area contributed by atoms with Gasteiger partial charge in [-0.25, -0.2) is 4.98 Å². The molecule has 1 aliphatic carbocycles. The van der Waals surface area contributed by atoms with E-state index in [-0.39, 0.29) is 11.6 Å². The van der Waals surface area contributed by atoms with Crippen molar-refractivity contribution in [1.29, 1.82) is 0 Å². The molecule has 21 heavy (non-hydrogen) atoms. The lowest BCUT2D eigenvalue weighted by Gasteiger charge is -2.38. The normalized spacial score (nSPS) is 20.1. The van der Waals surface area contributed by atoms with Gasteiger partial charge in [0.2, 0.25) is 0 Å². The van der Waals surface area contributed by atoms with Gasteiger partial charge in [0.25, 0.3) is 0 Å². The highest BCUT2D eigenvalue weighted by Gasteiger charge is 2.38. The first-order chi connectivity index (χ1) is 10.2. The average Bonchev–Trinajstić information content (AvgIpc) is 2.75. The van der Waals surface area contributed by atoms with Crippen molar-refractivity contribution in [3.8, 4) is 0 Å². The van der Waals surface area contributed by atoms with Crippen molar-refractivity contribution < 1.29 is 4.74 Å². The van der Waals surface area contributed by atoms with Crippen molar-refractivity contribution in [1.82, 2.24) is 14.8 Å². The molecule has 1 saturated carbocycles. The van der Waals surface area contributed by atoms with Crippen LogP contribution in [0.2, 0.25) is 0 Å². The summed E-state index contributed by atoms with van der Waals surface area (Å²) in [5.41, 5.74) is 6.42. The Morgan fingerprint density at radius 3 is 2.62 bits per heavy atom. The first-order valence-electron chi connectivity index (χ1n) is 8.48. The molecule has 0 aromatic carbocycles. The van der Waals surface area contributed by atoms with Crippen molar-refractivity contribution in [2.45, 2.75) is 83.4 Å². The van der Waals surface area contributed by atoms with Gasteiger partial charge in [-0.05, 0) is 26.2 Å². The van der Waals surface area contributed by atoms with Gasteiger partial charge in [0.1, 0.15) is 12.2 Å². The lowest BCUT2D eigenvalue weighted by molar-refractivity contribution is -0.0688. The fraction of sp³-hybridized carbons (Fsp3) is 0.875. The highest BCUT2D eigenvalue weighted by Crippen LogP contribution is 2.33. The molecule has 5 nitrogen and oxygen atoms in total. The number of aromatic nitrogens is 3. The fourth-order valence-electron chi connectivity index (χ4n) is 3.46. The summed E-state index contributed by atoms with van der Waals surface area (Å²) in [4.78, 5) is 4.40. The Morgan fingerprint density at radius 1 is 1.29 bits per heavy atom. The number of hydrogen-bond donors (Lipinski definition) is 1. The van der Waals surface area contributed by atoms with E-state index in [0.29, 0.717) is 0 Å². The van der Waals surface area contributed by atoms with Crippen molar-refractivity contribution in [2.24, 2.45) is 5.73 Å². The van der Waals surface area contributed by atoms with Crippen LogP contribution in [-0.2, 0) is 17.7 Å². The van der Waals surface area contributed by atoms with Crippen molar-refractivity contribution in [2.75, 3.05) is 6.61 Å². The molecular weight excluding hydrogens is 264 g/mol. The van der Waals surface area contributed by atoms with Gasteiger partial charge in [-0.1, -0.05) is 32.6 Å². The number of ether oxygens (including phenoxy) is 1. The average molecular weight is 294 g/mol. The van der Waals surface area contributed by atoms with E-state index in [1.165, 1.54) is 25.7 Å². The van der Waals surface area contributed by atoms with E-state index in [9.17, 15) is 0 Å². The molecule has 1 heterocycles. The van der Waals surface area contributed by atoms with Crippen molar-refractivity contribution >= 4 is 0 Å². The predicted octanol–water partition coefficient (Wildman–Crippen LogP) is 2.69. The Labute approximate surface area is 128 Å². The van der Waals surface area contributed by atoms with Crippen LogP contribution in [-0.4, -0.2) is 33.0 Å². The molecule has 1 aliphatic rings. The van der Waals surface area contributed by atoms with Gasteiger partial charge in [0.15, 0.2) is 0 Å². The molecule has 1 aromatic heterocycles. The van der Waals surface area contributed by atoms with Gasteiger partial charge in [0, 0.05) is 25.6 Å². The zero-order valence-electron chi connectivity index (χ0n) is 13.6. The van der Waals surface area contributed by atoms with Gasteiger partial charge in [0.05, 0.1) is 5.60 Å². The molecule has 0 bridgehead atoms. The van der Waals surface area contributed by atoms with Crippen LogP contribution in [0, 0.1) is 0 Å². The maximum Gasteiger partial charge on any atom is 0.138 e. The van der Waals surface area contributed by atoms with Crippen molar-refractivity contribution in [3.05, 3.63) is 12.2 Å². The Kier molecular flexibility index (Phi) is 6.18. The molecule has 1 unspecified atom stereocenters. The molecule has 0 amide bonds. The second-order valence-electron chi connectivity index (χ2n) is 6.12. The number of rotatable bonds is 7. The van der Waals surface area contributed by atoms with Gasteiger partial charge < -0.3 is 10.5 Å². The van der Waals surface area contributed by atoms with Gasteiger partial charge in [-0.2, -0.15) is 5.10 Å². The van der Waals surface area contributed by atoms with Crippen LogP contribution in [0.15, 0.2) is 6.33 Å². The Balaban J connectivity index is 2.10. The molecule has 0 radical (unpaired) electrons. The third-order valence-electron chi connectivity index (χ3n) is 4.59. The highest BCUT2D eigenvalue weighted by molar-refractivity contribution is 4.99. The molecule has 0 spiro atoms. The number of hydrogen-bond acceptors (Lipinski definition) is 4. The standard InChI is InChI=1S/C16H30N4O/c1-3-11-20-15(18-13-19-20)12-14(17)16(21-4-2)9-7-5-6-8-10-16/h13-14H,3-12,17H2,1-2H3. The number of nitrogens with two attached hydrogens (primary N) is 1. The maximum absolute atomic E-state index is 6.59. The van der Waals surface area contributed by atoms with Crippen LogP contribution in [0.4, 0.5) is 0 Å². The molecule has 1 atom stereocenters. The molecule has 2 rings (SSSR count). The molecule has 5 heteroatoms. The quantitative estimate of drug-likeness (QED) is 0.785. The summed E-state index contributed by atoms with van der Waals surface area (Å²) in [5.74, 6) is 0.993. The number of nitrogens with zero attached hydrogens (tertiary/aromatic N) is 3. The smallest absolute Gasteiger partial charge is 0.138 e. The predicted molar refractivity (Wildman–Crippen MR) is 84.1 cm³/mol. The monoisotopic (exact) mass is 294 g/mol. The Morgan fingerprint density at radius 2 is 2.00 bits per heavy atom. The van der Waals surface area contributed by atoms with E-state index in [0.717, 1.165) is 44.7 Å². The van der Waals surface area contributed by atoms with Crippen LogP contribution < -0.4 is 5.73 Å². The zero-order valence-corrected chi connectivity index (χ0v) is 13.6. The fourth-order valence-corrected chi connectivity index (χ4v) is 3.46. The SMILES string of the molecule is CCCn1ncnc1CC(N)C1(OCC)CCCCCC1. The second kappa shape index (κ2) is 7.90. The van der Waals surface area contributed by atoms with E-state index in [1.54, 1.807) is 6.33 Å². The molecule has 0 aliphatic heterocycles. The van der Waals surface area contributed by atoms with Crippen LogP contribution in [0.3, 0.4) is 0 Å². The Bertz CT molecular complexity index is 410. The summed E-state index contributed by atoms with van der Waals surface area (Å²) in [6, 6.07) is -0.00430. The van der Waals surface area contributed by atoms with E-state index in [4.69, 9.17) is 10.5 Å². The minimum absolute atomic E-state index is 0.00430. The summed E-state index contributed by atoms with van der Waals surface area (Å²) in [6.07, 6.45) is 10.6. The van der Waals surface area contributed by atoms with Gasteiger partial charge in [-0.3, -0.25) is 4.68 Å². The molecule has 1 aromatic rings. The van der Waals surface area contributed by atoms with Crippen LogP contribution >= 0.6 is 0 Å².